The summed E-state index contributed by atoms with van der Waals surface area (Å²) in [6.45, 7) is 0. The molecule has 0 bridgehead atoms. The number of aromatic nitrogens is 2. The normalized spacial score (nSPS) is 12.2. The van der Waals surface area contributed by atoms with E-state index in [2.05, 4.69) is 16.0 Å². The summed E-state index contributed by atoms with van der Waals surface area (Å²) in [7, 11) is 1.46. The number of fused-ring (bicyclic) bond motifs is 1. The summed E-state index contributed by atoms with van der Waals surface area (Å²) in [4.78, 5) is 7.60. The molecule has 1 atom stereocenters. The second-order valence-corrected chi connectivity index (χ2v) is 5.03. The number of rotatable bonds is 4. The molecule has 2 heterocycles. The highest BCUT2D eigenvalue weighted by molar-refractivity contribution is 5.79. The van der Waals surface area contributed by atoms with Gasteiger partial charge < -0.3 is 14.8 Å². The number of aliphatic hydroxyl groups excluding tert-OH is 1. The average molecular weight is 293 g/mol. The fraction of sp³-hybridized carbons (Fsp3) is 0.176. The number of aliphatic hydroxyl groups is 1. The van der Waals surface area contributed by atoms with Gasteiger partial charge in [-0.25, -0.2) is 0 Å². The van der Waals surface area contributed by atoms with E-state index in [1.807, 2.05) is 18.2 Å². The molecule has 0 amide bonds. The summed E-state index contributed by atoms with van der Waals surface area (Å²) >= 11 is 0. The van der Waals surface area contributed by atoms with Crippen molar-refractivity contribution in [2.75, 3.05) is 7.11 Å². The summed E-state index contributed by atoms with van der Waals surface area (Å²) in [5.41, 5.74) is 4.96. The van der Waals surface area contributed by atoms with Crippen molar-refractivity contribution in [1.29, 1.82) is 5.26 Å². The van der Waals surface area contributed by atoms with Crippen LogP contribution in [0, 0.1) is 11.3 Å². The number of nitrogens with one attached hydrogen (secondary N) is 1. The molecule has 0 saturated carbocycles. The fourth-order valence-electron chi connectivity index (χ4n) is 2.45. The Labute approximate surface area is 127 Å². The number of nitriles is 1. The fourth-order valence-corrected chi connectivity index (χ4v) is 2.45. The van der Waals surface area contributed by atoms with Gasteiger partial charge in [0.1, 0.15) is 0 Å². The molecular formula is C17H15N3O2. The standard InChI is InChI=1S/C17H15N3O2/c1-22-17(21)14-6-7-19-15-9-13(20-16(14)15)8-11-2-4-12(10-18)5-3-11/h2-7,9,17,20-21H,8H2,1H3. The van der Waals surface area contributed by atoms with E-state index in [9.17, 15) is 5.11 Å². The van der Waals surface area contributed by atoms with E-state index in [0.29, 0.717) is 17.5 Å². The number of methoxy groups -OCH3 is 1. The van der Waals surface area contributed by atoms with Crippen LogP contribution in [0.5, 0.6) is 0 Å². The van der Waals surface area contributed by atoms with Gasteiger partial charge in [-0.15, -0.1) is 0 Å². The van der Waals surface area contributed by atoms with Crippen molar-refractivity contribution < 1.29 is 9.84 Å². The molecule has 110 valence electrons. The lowest BCUT2D eigenvalue weighted by Gasteiger charge is -2.09. The van der Waals surface area contributed by atoms with Crippen LogP contribution in [0.1, 0.15) is 28.7 Å². The number of aromatic amines is 1. The van der Waals surface area contributed by atoms with Gasteiger partial charge in [0, 0.05) is 31.0 Å². The summed E-state index contributed by atoms with van der Waals surface area (Å²) in [5.74, 6) is 0. The topological polar surface area (TPSA) is 81.9 Å². The van der Waals surface area contributed by atoms with E-state index in [0.717, 1.165) is 22.3 Å². The van der Waals surface area contributed by atoms with E-state index >= 15 is 0 Å². The first-order valence-electron chi connectivity index (χ1n) is 6.87. The minimum atomic E-state index is -0.980. The zero-order valence-electron chi connectivity index (χ0n) is 12.1. The smallest absolute Gasteiger partial charge is 0.182 e. The predicted octanol–water partition coefficient (Wildman–Crippen LogP) is 2.66. The van der Waals surface area contributed by atoms with Crippen LogP contribution in [0.15, 0.2) is 42.6 Å². The molecule has 2 aromatic heterocycles. The highest BCUT2D eigenvalue weighted by Gasteiger charge is 2.13. The molecule has 3 aromatic rings. The van der Waals surface area contributed by atoms with Crippen LogP contribution < -0.4 is 0 Å². The Morgan fingerprint density at radius 1 is 1.32 bits per heavy atom. The zero-order valence-corrected chi connectivity index (χ0v) is 12.1. The maximum Gasteiger partial charge on any atom is 0.182 e. The minimum absolute atomic E-state index is 0.646. The lowest BCUT2D eigenvalue weighted by Crippen LogP contribution is -2.00. The predicted molar refractivity (Wildman–Crippen MR) is 82.0 cm³/mol. The molecule has 0 radical (unpaired) electrons. The summed E-state index contributed by atoms with van der Waals surface area (Å²) < 4.78 is 4.97. The molecule has 1 aromatic carbocycles. The van der Waals surface area contributed by atoms with Crippen LogP contribution in [0.4, 0.5) is 0 Å². The minimum Gasteiger partial charge on any atom is -0.364 e. The third-order valence-corrected chi connectivity index (χ3v) is 3.58. The number of hydrogen-bond acceptors (Lipinski definition) is 4. The lowest BCUT2D eigenvalue weighted by atomic mass is 10.1. The molecule has 0 aliphatic rings. The monoisotopic (exact) mass is 293 g/mol. The summed E-state index contributed by atoms with van der Waals surface area (Å²) in [6.07, 6.45) is 1.37. The second kappa shape index (κ2) is 5.98. The number of benzene rings is 1. The maximum atomic E-state index is 9.88. The Kier molecular flexibility index (Phi) is 3.88. The Hall–Kier alpha value is -2.68. The molecular weight excluding hydrogens is 278 g/mol. The molecule has 5 nitrogen and oxygen atoms in total. The quantitative estimate of drug-likeness (QED) is 0.724. The molecule has 1 unspecified atom stereocenters. The Bertz CT molecular complexity index is 831. The first-order valence-corrected chi connectivity index (χ1v) is 6.87. The van der Waals surface area contributed by atoms with Gasteiger partial charge in [-0.2, -0.15) is 5.26 Å². The van der Waals surface area contributed by atoms with E-state index in [1.165, 1.54) is 7.11 Å². The Morgan fingerprint density at radius 3 is 2.77 bits per heavy atom. The van der Waals surface area contributed by atoms with Crippen molar-refractivity contribution in [2.24, 2.45) is 0 Å². The molecule has 0 fully saturated rings. The Morgan fingerprint density at radius 2 is 2.09 bits per heavy atom. The van der Waals surface area contributed by atoms with E-state index in [4.69, 9.17) is 10.00 Å². The number of nitrogens with zero attached hydrogens (tertiary/aromatic N) is 2. The van der Waals surface area contributed by atoms with Gasteiger partial charge in [0.25, 0.3) is 0 Å². The van der Waals surface area contributed by atoms with Gasteiger partial charge in [0.15, 0.2) is 6.29 Å². The number of H-pyrrole nitrogens is 1. The molecule has 0 aliphatic heterocycles. The summed E-state index contributed by atoms with van der Waals surface area (Å²) in [5, 5.41) is 18.7. The largest absolute Gasteiger partial charge is 0.364 e. The van der Waals surface area contributed by atoms with Crippen LogP contribution in [-0.4, -0.2) is 22.2 Å². The Balaban J connectivity index is 1.93. The molecule has 5 heteroatoms. The second-order valence-electron chi connectivity index (χ2n) is 5.03. The van der Waals surface area contributed by atoms with Crippen molar-refractivity contribution in [2.45, 2.75) is 12.7 Å². The molecule has 22 heavy (non-hydrogen) atoms. The van der Waals surface area contributed by atoms with Crippen molar-refractivity contribution >= 4 is 11.0 Å². The van der Waals surface area contributed by atoms with Crippen LogP contribution in [0.25, 0.3) is 11.0 Å². The third-order valence-electron chi connectivity index (χ3n) is 3.58. The average Bonchev–Trinajstić information content (AvgIpc) is 2.97. The van der Waals surface area contributed by atoms with Gasteiger partial charge >= 0.3 is 0 Å². The van der Waals surface area contributed by atoms with Crippen LogP contribution in [0.2, 0.25) is 0 Å². The van der Waals surface area contributed by atoms with Gasteiger partial charge in [0.05, 0.1) is 22.7 Å². The molecule has 3 rings (SSSR count). The van der Waals surface area contributed by atoms with Crippen LogP contribution in [0.3, 0.4) is 0 Å². The lowest BCUT2D eigenvalue weighted by molar-refractivity contribution is -0.0760. The van der Waals surface area contributed by atoms with E-state index in [1.54, 1.807) is 24.4 Å². The van der Waals surface area contributed by atoms with Crippen molar-refractivity contribution in [3.63, 3.8) is 0 Å². The van der Waals surface area contributed by atoms with Crippen molar-refractivity contribution in [1.82, 2.24) is 9.97 Å². The maximum absolute atomic E-state index is 9.88. The number of pyridine rings is 1. The van der Waals surface area contributed by atoms with E-state index in [-0.39, 0.29) is 0 Å². The molecule has 0 spiro atoms. The number of ether oxygens (including phenoxy) is 1. The third kappa shape index (κ3) is 2.70. The SMILES string of the molecule is COC(O)c1ccnc2cc(Cc3ccc(C#N)cc3)[nH]c12. The van der Waals surface area contributed by atoms with Crippen LogP contribution in [-0.2, 0) is 11.2 Å². The van der Waals surface area contributed by atoms with Crippen LogP contribution >= 0.6 is 0 Å². The number of hydrogen-bond donors (Lipinski definition) is 2. The molecule has 0 aliphatic carbocycles. The van der Waals surface area contributed by atoms with Gasteiger partial charge in [-0.3, -0.25) is 4.98 Å². The van der Waals surface area contributed by atoms with Crippen molar-refractivity contribution in [3.05, 3.63) is 65.0 Å². The van der Waals surface area contributed by atoms with Gasteiger partial charge in [-0.1, -0.05) is 12.1 Å². The first kappa shape index (κ1) is 14.3. The van der Waals surface area contributed by atoms with E-state index < -0.39 is 6.29 Å². The van der Waals surface area contributed by atoms with Gasteiger partial charge in [-0.05, 0) is 29.8 Å². The zero-order chi connectivity index (χ0) is 15.5. The molecule has 2 N–H and O–H groups in total. The van der Waals surface area contributed by atoms with Crippen molar-refractivity contribution in [3.8, 4) is 6.07 Å². The first-order chi connectivity index (χ1) is 10.7. The molecule has 0 saturated heterocycles. The highest BCUT2D eigenvalue weighted by atomic mass is 16.6. The summed E-state index contributed by atoms with van der Waals surface area (Å²) in [6, 6.07) is 13.3. The highest BCUT2D eigenvalue weighted by Crippen LogP contribution is 2.24. The van der Waals surface area contributed by atoms with Gasteiger partial charge in [0.2, 0.25) is 0 Å².